The van der Waals surface area contributed by atoms with Gasteiger partial charge in [0, 0.05) is 6.07 Å². The summed E-state index contributed by atoms with van der Waals surface area (Å²) in [6.07, 6.45) is 0. The zero-order valence-electron chi connectivity index (χ0n) is 4.79. The van der Waals surface area contributed by atoms with Crippen LogP contribution >= 0.6 is 15.9 Å². The predicted octanol–water partition coefficient (Wildman–Crippen LogP) is 2.46. The van der Waals surface area contributed by atoms with Gasteiger partial charge in [-0.15, -0.1) is 0 Å². The van der Waals surface area contributed by atoms with Crippen molar-refractivity contribution in [2.24, 2.45) is 0 Å². The second-order valence-electron chi connectivity index (χ2n) is 1.65. The van der Waals surface area contributed by atoms with E-state index in [-0.39, 0.29) is 0 Å². The van der Waals surface area contributed by atoms with E-state index in [4.69, 9.17) is 4.42 Å². The van der Waals surface area contributed by atoms with E-state index in [9.17, 15) is 0 Å². The number of hydrogen-bond acceptors (Lipinski definition) is 1. The zero-order chi connectivity index (χ0) is 6.15. The third-order valence-corrected chi connectivity index (χ3v) is 1.66. The van der Waals surface area contributed by atoms with Gasteiger partial charge in [0.15, 0.2) is 0 Å². The van der Waals surface area contributed by atoms with E-state index in [1.54, 1.807) is 0 Å². The maximum atomic E-state index is 5.11. The molecule has 0 aliphatic heterocycles. The standard InChI is InChI=1S/C6H6BrO/c1-4-3-6(7)5(2)8-4/h1-2H3. The van der Waals surface area contributed by atoms with Gasteiger partial charge in [-0.1, -0.05) is 0 Å². The van der Waals surface area contributed by atoms with E-state index in [2.05, 4.69) is 22.0 Å². The van der Waals surface area contributed by atoms with Crippen molar-refractivity contribution in [2.75, 3.05) is 0 Å². The molecule has 1 rings (SSSR count). The molecule has 1 radical (unpaired) electrons. The lowest BCUT2D eigenvalue weighted by Gasteiger charge is -1.78. The lowest BCUT2D eigenvalue weighted by molar-refractivity contribution is 0.502. The third-order valence-electron chi connectivity index (χ3n) is 0.901. The Kier molecular flexibility index (Phi) is 1.43. The van der Waals surface area contributed by atoms with Crippen LogP contribution in [0.25, 0.3) is 0 Å². The van der Waals surface area contributed by atoms with Crippen LogP contribution in [0.15, 0.2) is 8.89 Å². The maximum absolute atomic E-state index is 5.11. The minimum Gasteiger partial charge on any atom is -0.465 e. The SMILES string of the molecule is Cc1[c]c(Br)c(C)o1. The normalized spacial score (nSPS) is 9.88. The summed E-state index contributed by atoms with van der Waals surface area (Å²) in [5.41, 5.74) is 0. The van der Waals surface area contributed by atoms with E-state index < -0.39 is 0 Å². The number of hydrogen-bond donors (Lipinski definition) is 0. The van der Waals surface area contributed by atoms with Crippen molar-refractivity contribution < 1.29 is 4.42 Å². The molecular formula is C6H6BrO. The van der Waals surface area contributed by atoms with E-state index in [0.717, 1.165) is 16.0 Å². The molecule has 0 bridgehead atoms. The minimum absolute atomic E-state index is 0.828. The lowest BCUT2D eigenvalue weighted by atomic mass is 10.5. The van der Waals surface area contributed by atoms with E-state index in [0.29, 0.717) is 0 Å². The number of halogens is 1. The summed E-state index contributed by atoms with van der Waals surface area (Å²) in [5.74, 6) is 1.72. The first-order valence-corrected chi connectivity index (χ1v) is 3.14. The molecule has 0 aromatic carbocycles. The van der Waals surface area contributed by atoms with Crippen LogP contribution in [0.1, 0.15) is 11.5 Å². The van der Waals surface area contributed by atoms with Crippen LogP contribution in [0.3, 0.4) is 0 Å². The summed E-state index contributed by atoms with van der Waals surface area (Å²) in [6, 6.07) is 2.96. The largest absolute Gasteiger partial charge is 0.465 e. The number of rotatable bonds is 0. The quantitative estimate of drug-likeness (QED) is 0.588. The highest BCUT2D eigenvalue weighted by Gasteiger charge is 1.98. The van der Waals surface area contributed by atoms with Gasteiger partial charge in [-0.25, -0.2) is 0 Å². The third kappa shape index (κ3) is 0.944. The molecule has 0 saturated heterocycles. The summed E-state index contributed by atoms with van der Waals surface area (Å²) in [7, 11) is 0. The molecule has 0 amide bonds. The van der Waals surface area contributed by atoms with Crippen molar-refractivity contribution in [3.63, 3.8) is 0 Å². The van der Waals surface area contributed by atoms with Gasteiger partial charge < -0.3 is 4.42 Å². The Bertz CT molecular complexity index is 171. The number of aryl methyl sites for hydroxylation is 2. The fraction of sp³-hybridized carbons (Fsp3) is 0.333. The minimum atomic E-state index is 0.828. The second kappa shape index (κ2) is 1.94. The van der Waals surface area contributed by atoms with Gasteiger partial charge in [0.1, 0.15) is 11.5 Å². The van der Waals surface area contributed by atoms with E-state index >= 15 is 0 Å². The molecule has 0 fully saturated rings. The first kappa shape index (κ1) is 5.89. The van der Waals surface area contributed by atoms with E-state index in [1.165, 1.54) is 0 Å². The van der Waals surface area contributed by atoms with Crippen molar-refractivity contribution in [3.05, 3.63) is 22.1 Å². The van der Waals surface area contributed by atoms with Gasteiger partial charge in [-0.3, -0.25) is 0 Å². The first-order valence-electron chi connectivity index (χ1n) is 2.35. The molecule has 0 spiro atoms. The van der Waals surface area contributed by atoms with Crippen LogP contribution in [-0.2, 0) is 0 Å². The average molecular weight is 174 g/mol. The molecule has 0 aliphatic rings. The van der Waals surface area contributed by atoms with Crippen LogP contribution < -0.4 is 0 Å². The molecule has 1 heterocycles. The summed E-state index contributed by atoms with van der Waals surface area (Å²) >= 11 is 3.27. The molecule has 0 saturated carbocycles. The highest BCUT2D eigenvalue weighted by Crippen LogP contribution is 2.18. The lowest BCUT2D eigenvalue weighted by Crippen LogP contribution is -1.57. The molecule has 0 atom stereocenters. The van der Waals surface area contributed by atoms with Crippen LogP contribution in [0.2, 0.25) is 0 Å². The Morgan fingerprint density at radius 1 is 1.50 bits per heavy atom. The molecule has 1 nitrogen and oxygen atoms in total. The smallest absolute Gasteiger partial charge is 0.115 e. The molecule has 0 aliphatic carbocycles. The molecule has 8 heavy (non-hydrogen) atoms. The summed E-state index contributed by atoms with van der Waals surface area (Å²) in [5, 5.41) is 0. The number of furan rings is 1. The Labute approximate surface area is 56.8 Å². The van der Waals surface area contributed by atoms with Crippen molar-refractivity contribution >= 4 is 15.9 Å². The van der Waals surface area contributed by atoms with Gasteiger partial charge in [0.25, 0.3) is 0 Å². The highest BCUT2D eigenvalue weighted by molar-refractivity contribution is 9.10. The average Bonchev–Trinajstić information content (AvgIpc) is 1.85. The van der Waals surface area contributed by atoms with Gasteiger partial charge in [-0.2, -0.15) is 0 Å². The summed E-state index contributed by atoms with van der Waals surface area (Å²) in [6.45, 7) is 3.77. The van der Waals surface area contributed by atoms with Gasteiger partial charge >= 0.3 is 0 Å². The first-order chi connectivity index (χ1) is 3.70. The summed E-state index contributed by atoms with van der Waals surface area (Å²) < 4.78 is 6.04. The van der Waals surface area contributed by atoms with E-state index in [1.807, 2.05) is 13.8 Å². The van der Waals surface area contributed by atoms with Gasteiger partial charge in [0.05, 0.1) is 4.47 Å². The van der Waals surface area contributed by atoms with Crippen molar-refractivity contribution in [2.45, 2.75) is 13.8 Å². The molecule has 1 aromatic heterocycles. The van der Waals surface area contributed by atoms with Crippen LogP contribution in [0, 0.1) is 19.9 Å². The Hall–Kier alpha value is -0.240. The van der Waals surface area contributed by atoms with Crippen LogP contribution in [-0.4, -0.2) is 0 Å². The van der Waals surface area contributed by atoms with Crippen LogP contribution in [0.4, 0.5) is 0 Å². The van der Waals surface area contributed by atoms with Gasteiger partial charge in [0.2, 0.25) is 0 Å². The Balaban J connectivity index is 3.14. The fourth-order valence-corrected chi connectivity index (χ4v) is 0.903. The van der Waals surface area contributed by atoms with Gasteiger partial charge in [-0.05, 0) is 29.8 Å². The monoisotopic (exact) mass is 173 g/mol. The molecule has 0 N–H and O–H groups in total. The summed E-state index contributed by atoms with van der Waals surface area (Å²) in [4.78, 5) is 0. The van der Waals surface area contributed by atoms with Crippen LogP contribution in [0.5, 0.6) is 0 Å². The fourth-order valence-electron chi connectivity index (χ4n) is 0.543. The highest BCUT2D eigenvalue weighted by atomic mass is 79.9. The van der Waals surface area contributed by atoms with Crippen molar-refractivity contribution in [1.29, 1.82) is 0 Å². The maximum Gasteiger partial charge on any atom is 0.115 e. The Morgan fingerprint density at radius 2 is 2.12 bits per heavy atom. The van der Waals surface area contributed by atoms with Crippen molar-refractivity contribution in [3.8, 4) is 0 Å². The molecule has 43 valence electrons. The zero-order valence-corrected chi connectivity index (χ0v) is 6.37. The second-order valence-corrected chi connectivity index (χ2v) is 2.45. The predicted molar refractivity (Wildman–Crippen MR) is 34.7 cm³/mol. The molecular weight excluding hydrogens is 168 g/mol. The molecule has 2 heteroatoms. The molecule has 0 unspecified atom stereocenters. The Morgan fingerprint density at radius 3 is 2.25 bits per heavy atom. The topological polar surface area (TPSA) is 13.1 Å². The van der Waals surface area contributed by atoms with Crippen molar-refractivity contribution in [1.82, 2.24) is 0 Å². The molecule has 1 aromatic rings.